The Kier molecular flexibility index (Phi) is 5.68. The van der Waals surface area contributed by atoms with Gasteiger partial charge in [0, 0.05) is 30.7 Å². The number of hydrogen-bond acceptors (Lipinski definition) is 4. The van der Waals surface area contributed by atoms with Gasteiger partial charge in [-0.05, 0) is 31.0 Å². The van der Waals surface area contributed by atoms with E-state index in [4.69, 9.17) is 0 Å². The summed E-state index contributed by atoms with van der Waals surface area (Å²) in [6.07, 6.45) is 5.16. The van der Waals surface area contributed by atoms with E-state index in [-0.39, 0.29) is 12.1 Å². The molecule has 0 aliphatic heterocycles. The number of nitrogens with one attached hydrogen (secondary N) is 2. The molecule has 0 aromatic carbocycles. The van der Waals surface area contributed by atoms with Crippen molar-refractivity contribution >= 4 is 17.4 Å². The topological polar surface area (TPSA) is 66.9 Å². The quantitative estimate of drug-likeness (QED) is 0.862. The second-order valence-electron chi connectivity index (χ2n) is 4.74. The Morgan fingerprint density at radius 3 is 2.81 bits per heavy atom. The van der Waals surface area contributed by atoms with Gasteiger partial charge in [-0.25, -0.2) is 9.78 Å². The molecule has 2 rings (SSSR count). The Morgan fingerprint density at radius 1 is 1.38 bits per heavy atom. The normalized spacial score (nSPS) is 11.9. The maximum absolute atomic E-state index is 11.8. The highest BCUT2D eigenvalue weighted by atomic mass is 32.1. The summed E-state index contributed by atoms with van der Waals surface area (Å²) < 4.78 is 0. The molecule has 6 heteroatoms. The highest BCUT2D eigenvalue weighted by Crippen LogP contribution is 2.11. The number of pyridine rings is 1. The number of carbonyl (C=O) groups excluding carboxylic acids is 1. The number of nitrogens with zero attached hydrogens (tertiary/aromatic N) is 2. The predicted molar refractivity (Wildman–Crippen MR) is 84.4 cm³/mol. The first-order valence-corrected chi connectivity index (χ1v) is 7.94. The molecule has 112 valence electrons. The lowest BCUT2D eigenvalue weighted by atomic mass is 10.1. The van der Waals surface area contributed by atoms with Gasteiger partial charge in [-0.1, -0.05) is 6.92 Å². The van der Waals surface area contributed by atoms with Crippen molar-refractivity contribution in [2.45, 2.75) is 32.7 Å². The van der Waals surface area contributed by atoms with Crippen LogP contribution in [-0.2, 0) is 12.8 Å². The molecule has 21 heavy (non-hydrogen) atoms. The van der Waals surface area contributed by atoms with Crippen LogP contribution in [0.1, 0.15) is 36.2 Å². The van der Waals surface area contributed by atoms with Crippen LogP contribution >= 0.6 is 11.3 Å². The van der Waals surface area contributed by atoms with Gasteiger partial charge in [0.2, 0.25) is 0 Å². The summed E-state index contributed by atoms with van der Waals surface area (Å²) in [7, 11) is 0. The van der Waals surface area contributed by atoms with Crippen molar-refractivity contribution in [1.29, 1.82) is 0 Å². The summed E-state index contributed by atoms with van der Waals surface area (Å²) in [6.45, 7) is 4.62. The lowest BCUT2D eigenvalue weighted by molar-refractivity contribution is 0.238. The van der Waals surface area contributed by atoms with Crippen LogP contribution in [-0.4, -0.2) is 22.5 Å². The molecular weight excluding hydrogens is 284 g/mol. The van der Waals surface area contributed by atoms with E-state index in [9.17, 15) is 4.79 Å². The van der Waals surface area contributed by atoms with Crippen molar-refractivity contribution in [3.05, 3.63) is 46.2 Å². The van der Waals surface area contributed by atoms with Crippen LogP contribution in [0.3, 0.4) is 0 Å². The van der Waals surface area contributed by atoms with Gasteiger partial charge in [0.1, 0.15) is 0 Å². The molecule has 0 unspecified atom stereocenters. The monoisotopic (exact) mass is 304 g/mol. The molecule has 0 radical (unpaired) electrons. The first-order valence-electron chi connectivity index (χ1n) is 7.06. The molecule has 0 spiro atoms. The molecule has 2 heterocycles. The lowest BCUT2D eigenvalue weighted by Crippen LogP contribution is -2.38. The smallest absolute Gasteiger partial charge is 0.315 e. The number of aromatic nitrogens is 2. The number of carbonyl (C=O) groups is 1. The summed E-state index contributed by atoms with van der Waals surface area (Å²) in [4.78, 5) is 20.3. The molecule has 5 nitrogen and oxygen atoms in total. The van der Waals surface area contributed by atoms with Gasteiger partial charge in [0.15, 0.2) is 0 Å². The van der Waals surface area contributed by atoms with Crippen LogP contribution in [0, 0.1) is 0 Å². The number of aryl methyl sites for hydroxylation is 1. The molecule has 1 atom stereocenters. The molecule has 0 aliphatic rings. The van der Waals surface area contributed by atoms with Crippen molar-refractivity contribution in [2.75, 3.05) is 6.54 Å². The Morgan fingerprint density at radius 2 is 2.14 bits per heavy atom. The second-order valence-corrected chi connectivity index (χ2v) is 5.68. The fraction of sp³-hybridized carbons (Fsp3) is 0.400. The van der Waals surface area contributed by atoms with Gasteiger partial charge in [0.25, 0.3) is 0 Å². The van der Waals surface area contributed by atoms with Crippen LogP contribution in [0.5, 0.6) is 0 Å². The molecule has 0 bridgehead atoms. The SMILES string of the molecule is CCc1nc(CCNC(=O)N[C@@H](C)c2ccncc2)cs1. The van der Waals surface area contributed by atoms with E-state index in [0.717, 1.165) is 29.1 Å². The fourth-order valence-corrected chi connectivity index (χ4v) is 2.69. The maximum atomic E-state index is 11.8. The van der Waals surface area contributed by atoms with E-state index in [1.165, 1.54) is 0 Å². The standard InChI is InChI=1S/C15H20N4OS/c1-3-14-19-13(10-21-14)6-9-17-15(20)18-11(2)12-4-7-16-8-5-12/h4-5,7-8,10-11H,3,6,9H2,1-2H3,(H2,17,18,20)/t11-/m0/s1. The van der Waals surface area contributed by atoms with Crippen molar-refractivity contribution in [3.8, 4) is 0 Å². The number of hydrogen-bond donors (Lipinski definition) is 2. The first-order chi connectivity index (χ1) is 10.2. The van der Waals surface area contributed by atoms with Crippen LogP contribution < -0.4 is 10.6 Å². The zero-order valence-corrected chi connectivity index (χ0v) is 13.1. The summed E-state index contributed by atoms with van der Waals surface area (Å²) in [5.74, 6) is 0. The van der Waals surface area contributed by atoms with Gasteiger partial charge >= 0.3 is 6.03 Å². The van der Waals surface area contributed by atoms with E-state index >= 15 is 0 Å². The molecule has 2 amide bonds. The molecule has 2 aromatic rings. The van der Waals surface area contributed by atoms with Gasteiger partial charge in [-0.2, -0.15) is 0 Å². The molecular formula is C15H20N4OS. The maximum Gasteiger partial charge on any atom is 0.315 e. The summed E-state index contributed by atoms with van der Waals surface area (Å²) in [5.41, 5.74) is 2.08. The van der Waals surface area contributed by atoms with E-state index in [0.29, 0.717) is 6.54 Å². The van der Waals surface area contributed by atoms with Gasteiger partial charge in [-0.3, -0.25) is 4.98 Å². The third-order valence-electron chi connectivity index (χ3n) is 3.12. The fourth-order valence-electron chi connectivity index (χ4n) is 1.91. The number of thiazole rings is 1. The molecule has 0 fully saturated rings. The Balaban J connectivity index is 1.72. The van der Waals surface area contributed by atoms with Crippen LogP contribution in [0.4, 0.5) is 4.79 Å². The van der Waals surface area contributed by atoms with E-state index in [1.54, 1.807) is 23.7 Å². The van der Waals surface area contributed by atoms with Gasteiger partial charge in [-0.15, -0.1) is 11.3 Å². The first kappa shape index (κ1) is 15.4. The van der Waals surface area contributed by atoms with Gasteiger partial charge < -0.3 is 10.6 Å². The summed E-state index contributed by atoms with van der Waals surface area (Å²) >= 11 is 1.67. The minimum atomic E-state index is -0.162. The average Bonchev–Trinajstić information content (AvgIpc) is 2.96. The van der Waals surface area contributed by atoms with E-state index in [1.807, 2.05) is 19.1 Å². The van der Waals surface area contributed by atoms with E-state index < -0.39 is 0 Å². The van der Waals surface area contributed by atoms with Crippen molar-refractivity contribution < 1.29 is 4.79 Å². The number of urea groups is 1. The van der Waals surface area contributed by atoms with Crippen molar-refractivity contribution in [1.82, 2.24) is 20.6 Å². The van der Waals surface area contributed by atoms with Gasteiger partial charge in [0.05, 0.1) is 16.7 Å². The highest BCUT2D eigenvalue weighted by Gasteiger charge is 2.08. The molecule has 0 aliphatic carbocycles. The van der Waals surface area contributed by atoms with Crippen molar-refractivity contribution in [3.63, 3.8) is 0 Å². The Hall–Kier alpha value is -1.95. The van der Waals surface area contributed by atoms with Crippen LogP contribution in [0.15, 0.2) is 29.9 Å². The second kappa shape index (κ2) is 7.73. The lowest BCUT2D eigenvalue weighted by Gasteiger charge is -2.14. The third-order valence-corrected chi connectivity index (χ3v) is 4.16. The minimum absolute atomic E-state index is 0.0426. The third kappa shape index (κ3) is 4.82. The molecule has 2 N–H and O–H groups in total. The van der Waals surface area contributed by atoms with Crippen LogP contribution in [0.25, 0.3) is 0 Å². The van der Waals surface area contributed by atoms with Crippen molar-refractivity contribution in [2.24, 2.45) is 0 Å². The Bertz CT molecular complexity index is 570. The largest absolute Gasteiger partial charge is 0.338 e. The number of amides is 2. The molecule has 0 saturated heterocycles. The zero-order chi connectivity index (χ0) is 15.1. The zero-order valence-electron chi connectivity index (χ0n) is 12.3. The van der Waals surface area contributed by atoms with Crippen LogP contribution in [0.2, 0.25) is 0 Å². The highest BCUT2D eigenvalue weighted by molar-refractivity contribution is 7.09. The summed E-state index contributed by atoms with van der Waals surface area (Å²) in [5, 5.41) is 8.95. The molecule has 0 saturated carbocycles. The minimum Gasteiger partial charge on any atom is -0.338 e. The predicted octanol–water partition coefficient (Wildman–Crippen LogP) is 2.70. The number of rotatable bonds is 6. The molecule has 2 aromatic heterocycles. The Labute approximate surface area is 128 Å². The average molecular weight is 304 g/mol. The van der Waals surface area contributed by atoms with E-state index in [2.05, 4.69) is 32.9 Å². The summed E-state index contributed by atoms with van der Waals surface area (Å²) in [6, 6.07) is 3.59.